The molecule has 2 aliphatic heterocycles. The van der Waals surface area contributed by atoms with E-state index in [-0.39, 0.29) is 0 Å². The molecule has 0 unspecified atom stereocenters. The zero-order chi connectivity index (χ0) is 16.2. The van der Waals surface area contributed by atoms with E-state index >= 15 is 0 Å². The van der Waals surface area contributed by atoms with Crippen LogP contribution in [-0.4, -0.2) is 65.5 Å². The zero-order valence-electron chi connectivity index (χ0n) is 14.2. The molecule has 2 saturated heterocycles. The topological polar surface area (TPSA) is 54.6 Å². The summed E-state index contributed by atoms with van der Waals surface area (Å²) in [6, 6.07) is 6.83. The Morgan fingerprint density at radius 3 is 2.92 bits per heavy atom. The second kappa shape index (κ2) is 7.59. The van der Waals surface area contributed by atoms with Gasteiger partial charge < -0.3 is 4.74 Å². The van der Waals surface area contributed by atoms with E-state index in [0.29, 0.717) is 6.04 Å². The lowest BCUT2D eigenvalue weighted by Gasteiger charge is -2.37. The number of piperidine rings is 1. The van der Waals surface area contributed by atoms with Crippen molar-refractivity contribution in [1.82, 2.24) is 20.1 Å². The summed E-state index contributed by atoms with van der Waals surface area (Å²) in [6.07, 6.45) is 5.19. The molecule has 0 amide bonds. The van der Waals surface area contributed by atoms with Crippen LogP contribution in [0.5, 0.6) is 0 Å². The molecule has 6 nitrogen and oxygen atoms in total. The number of hydrogen-bond donors (Lipinski definition) is 0. The Labute approximate surface area is 142 Å². The summed E-state index contributed by atoms with van der Waals surface area (Å²) in [6.45, 7) is 7.23. The molecule has 1 atom stereocenters. The first-order valence-electron chi connectivity index (χ1n) is 9.14. The molecule has 0 aliphatic carbocycles. The van der Waals surface area contributed by atoms with E-state index in [9.17, 15) is 0 Å². The summed E-state index contributed by atoms with van der Waals surface area (Å²) in [5, 5.41) is 8.06. The molecule has 4 rings (SSSR count). The van der Waals surface area contributed by atoms with Gasteiger partial charge in [0.25, 0.3) is 0 Å². The minimum absolute atomic E-state index is 0.664. The Bertz CT molecular complexity index is 653. The van der Waals surface area contributed by atoms with Gasteiger partial charge in [0.1, 0.15) is 11.0 Å². The van der Waals surface area contributed by atoms with Gasteiger partial charge in [-0.15, -0.1) is 0 Å². The van der Waals surface area contributed by atoms with Gasteiger partial charge in [-0.25, -0.2) is 4.63 Å². The van der Waals surface area contributed by atoms with Gasteiger partial charge in [-0.3, -0.25) is 9.80 Å². The highest BCUT2D eigenvalue weighted by Gasteiger charge is 2.24. The van der Waals surface area contributed by atoms with Crippen molar-refractivity contribution < 1.29 is 9.37 Å². The molecule has 3 heterocycles. The fourth-order valence-electron chi connectivity index (χ4n) is 3.96. The van der Waals surface area contributed by atoms with Crippen LogP contribution in [0.15, 0.2) is 22.8 Å². The third-order valence-electron chi connectivity index (χ3n) is 5.37. The first-order chi connectivity index (χ1) is 11.9. The number of ether oxygens (including phenoxy) is 1. The average Bonchev–Trinajstić information content (AvgIpc) is 3.12. The van der Waals surface area contributed by atoms with Gasteiger partial charge in [0.15, 0.2) is 0 Å². The molecule has 1 aromatic heterocycles. The lowest BCUT2D eigenvalue weighted by molar-refractivity contribution is 0.0302. The molecule has 2 aliphatic rings. The number of aromatic nitrogens is 2. The van der Waals surface area contributed by atoms with Crippen LogP contribution in [0.2, 0.25) is 0 Å². The highest BCUT2D eigenvalue weighted by atomic mass is 16.6. The highest BCUT2D eigenvalue weighted by Crippen LogP contribution is 2.24. The highest BCUT2D eigenvalue weighted by molar-refractivity contribution is 5.76. The molecular formula is C18H26N4O2. The van der Waals surface area contributed by atoms with Crippen molar-refractivity contribution in [3.63, 3.8) is 0 Å². The summed E-state index contributed by atoms with van der Waals surface area (Å²) < 4.78 is 10.4. The molecule has 1 aromatic carbocycles. The molecule has 130 valence electrons. The van der Waals surface area contributed by atoms with Crippen LogP contribution < -0.4 is 0 Å². The quantitative estimate of drug-likeness (QED) is 0.838. The summed E-state index contributed by atoms with van der Waals surface area (Å²) >= 11 is 0. The van der Waals surface area contributed by atoms with Gasteiger partial charge in [0.05, 0.1) is 13.2 Å². The Morgan fingerprint density at radius 2 is 2.00 bits per heavy atom. The fraction of sp³-hybridized carbons (Fsp3) is 0.667. The van der Waals surface area contributed by atoms with Crippen molar-refractivity contribution in [2.75, 3.05) is 39.4 Å². The van der Waals surface area contributed by atoms with Crippen LogP contribution >= 0.6 is 0 Å². The molecule has 2 fully saturated rings. The molecule has 6 heteroatoms. The van der Waals surface area contributed by atoms with Crippen LogP contribution in [0.25, 0.3) is 11.0 Å². The summed E-state index contributed by atoms with van der Waals surface area (Å²) in [4.78, 5) is 5.17. The first-order valence-corrected chi connectivity index (χ1v) is 9.14. The van der Waals surface area contributed by atoms with Gasteiger partial charge in [-0.1, -0.05) is 18.6 Å². The smallest absolute Gasteiger partial charge is 0.139 e. The van der Waals surface area contributed by atoms with Crippen molar-refractivity contribution in [2.24, 2.45) is 0 Å². The summed E-state index contributed by atoms with van der Waals surface area (Å²) in [5.41, 5.74) is 3.00. The lowest BCUT2D eigenvalue weighted by Crippen LogP contribution is -2.43. The molecule has 0 bridgehead atoms. The summed E-state index contributed by atoms with van der Waals surface area (Å²) in [7, 11) is 0. The van der Waals surface area contributed by atoms with E-state index in [0.717, 1.165) is 43.9 Å². The number of nitrogens with zero attached hydrogens (tertiary/aromatic N) is 4. The maximum atomic E-state index is 5.45. The van der Waals surface area contributed by atoms with Crippen molar-refractivity contribution in [3.05, 3.63) is 23.8 Å². The maximum absolute atomic E-state index is 5.45. The number of fused-ring (bicyclic) bond motifs is 1. The van der Waals surface area contributed by atoms with E-state index in [1.165, 1.54) is 44.3 Å². The molecule has 0 spiro atoms. The number of likely N-dealkylation sites (tertiary alicyclic amines) is 1. The van der Waals surface area contributed by atoms with E-state index in [1.54, 1.807) is 0 Å². The van der Waals surface area contributed by atoms with Crippen molar-refractivity contribution in [2.45, 2.75) is 38.3 Å². The Kier molecular flexibility index (Phi) is 5.06. The predicted octanol–water partition coefficient (Wildman–Crippen LogP) is 2.30. The molecule has 24 heavy (non-hydrogen) atoms. The number of benzene rings is 1. The second-order valence-corrected chi connectivity index (χ2v) is 6.91. The molecule has 0 N–H and O–H groups in total. The van der Waals surface area contributed by atoms with E-state index in [4.69, 9.17) is 9.37 Å². The normalized spacial score (nSPS) is 23.8. The van der Waals surface area contributed by atoms with Crippen molar-refractivity contribution in [3.8, 4) is 0 Å². The van der Waals surface area contributed by atoms with Crippen molar-refractivity contribution >= 4 is 11.0 Å². The minimum atomic E-state index is 0.664. The third-order valence-corrected chi connectivity index (χ3v) is 5.37. The zero-order valence-corrected chi connectivity index (χ0v) is 14.2. The van der Waals surface area contributed by atoms with Crippen LogP contribution in [-0.2, 0) is 11.3 Å². The second-order valence-electron chi connectivity index (χ2n) is 6.91. The van der Waals surface area contributed by atoms with Gasteiger partial charge in [0, 0.05) is 25.7 Å². The Morgan fingerprint density at radius 1 is 1.08 bits per heavy atom. The SMILES string of the molecule is c1cc(CN2CCCC[C@H]2CCN2CCOCC2)c2nonc2c1. The van der Waals surface area contributed by atoms with E-state index < -0.39 is 0 Å². The van der Waals surface area contributed by atoms with Crippen LogP contribution in [0.1, 0.15) is 31.2 Å². The number of morpholine rings is 1. The monoisotopic (exact) mass is 330 g/mol. The fourth-order valence-corrected chi connectivity index (χ4v) is 3.96. The van der Waals surface area contributed by atoms with Gasteiger partial charge in [0.2, 0.25) is 0 Å². The molecule has 0 saturated carbocycles. The standard InChI is InChI=1S/C18H26N4O2/c1-2-8-22(14-15-4-3-6-17-18(15)20-24-19-17)16(5-1)7-9-21-10-12-23-13-11-21/h3-4,6,16H,1-2,5,7-14H2/t16-/m0/s1. The third kappa shape index (κ3) is 3.61. The van der Waals surface area contributed by atoms with Crippen molar-refractivity contribution in [1.29, 1.82) is 0 Å². The average molecular weight is 330 g/mol. The molecular weight excluding hydrogens is 304 g/mol. The molecule has 2 aromatic rings. The minimum Gasteiger partial charge on any atom is -0.379 e. The Hall–Kier alpha value is -1.50. The van der Waals surface area contributed by atoms with Gasteiger partial charge in [-0.2, -0.15) is 0 Å². The van der Waals surface area contributed by atoms with Crippen LogP contribution in [0.3, 0.4) is 0 Å². The van der Waals surface area contributed by atoms with Crippen LogP contribution in [0.4, 0.5) is 0 Å². The number of hydrogen-bond acceptors (Lipinski definition) is 6. The van der Waals surface area contributed by atoms with Gasteiger partial charge in [-0.05, 0) is 54.3 Å². The van der Waals surface area contributed by atoms with E-state index in [1.807, 2.05) is 6.07 Å². The maximum Gasteiger partial charge on any atom is 0.139 e. The lowest BCUT2D eigenvalue weighted by atomic mass is 9.98. The largest absolute Gasteiger partial charge is 0.379 e. The first kappa shape index (κ1) is 16.0. The summed E-state index contributed by atoms with van der Waals surface area (Å²) in [5.74, 6) is 0. The number of rotatable bonds is 5. The van der Waals surface area contributed by atoms with Gasteiger partial charge >= 0.3 is 0 Å². The van der Waals surface area contributed by atoms with E-state index in [2.05, 4.69) is 32.2 Å². The predicted molar refractivity (Wildman–Crippen MR) is 91.7 cm³/mol. The molecule has 0 radical (unpaired) electrons. The van der Waals surface area contributed by atoms with Crippen LogP contribution in [0, 0.1) is 0 Å². The Balaban J connectivity index is 1.41.